The molecule has 1 unspecified atom stereocenters. The molecule has 0 saturated heterocycles. The summed E-state index contributed by atoms with van der Waals surface area (Å²) in [4.78, 5) is 2.35. The van der Waals surface area contributed by atoms with Gasteiger partial charge in [-0.1, -0.05) is 28.1 Å². The number of rotatable bonds is 2. The summed E-state index contributed by atoms with van der Waals surface area (Å²) in [5.41, 5.74) is 4.87. The molecule has 0 spiro atoms. The van der Waals surface area contributed by atoms with Gasteiger partial charge in [-0.25, -0.2) is 0 Å². The summed E-state index contributed by atoms with van der Waals surface area (Å²) >= 11 is 3.58. The molecular weight excluding hydrogens is 354 g/mol. The maximum absolute atomic E-state index is 5.99. The molecule has 2 aromatic carbocycles. The lowest BCUT2D eigenvalue weighted by atomic mass is 10.0. The van der Waals surface area contributed by atoms with Crippen LogP contribution >= 0.6 is 15.9 Å². The highest BCUT2D eigenvalue weighted by Crippen LogP contribution is 2.31. The number of methoxy groups -OCH3 is 1. The Morgan fingerprint density at radius 2 is 2.04 bits per heavy atom. The molecule has 2 aromatic rings. The first-order valence-corrected chi connectivity index (χ1v) is 8.67. The predicted octanol–water partition coefficient (Wildman–Crippen LogP) is 4.86. The lowest BCUT2D eigenvalue weighted by Gasteiger charge is -2.31. The second kappa shape index (κ2) is 6.93. The summed E-state index contributed by atoms with van der Waals surface area (Å²) in [7, 11) is 1.72. The first-order valence-electron chi connectivity index (χ1n) is 7.88. The van der Waals surface area contributed by atoms with Crippen LogP contribution in [0.5, 0.6) is 5.75 Å². The molecule has 4 heteroatoms. The smallest absolute Gasteiger partial charge is 0.123 e. The lowest BCUT2D eigenvalue weighted by molar-refractivity contribution is 0.0672. The van der Waals surface area contributed by atoms with Crippen molar-refractivity contribution in [3.63, 3.8) is 0 Å². The fraction of sp³-hybridized carbons (Fsp3) is 0.368. The van der Waals surface area contributed by atoms with Crippen LogP contribution in [0.4, 0.5) is 5.69 Å². The van der Waals surface area contributed by atoms with Gasteiger partial charge in [0.25, 0.3) is 0 Å². The molecule has 0 aliphatic carbocycles. The number of hydrogen-bond donors (Lipinski definition) is 0. The number of fused-ring (bicyclic) bond motifs is 1. The van der Waals surface area contributed by atoms with Crippen LogP contribution in [0, 0.1) is 6.92 Å². The van der Waals surface area contributed by atoms with Crippen molar-refractivity contribution in [3.8, 4) is 5.75 Å². The maximum atomic E-state index is 5.99. The van der Waals surface area contributed by atoms with Gasteiger partial charge in [-0.05, 0) is 48.7 Å². The van der Waals surface area contributed by atoms with Crippen molar-refractivity contribution in [2.24, 2.45) is 0 Å². The van der Waals surface area contributed by atoms with E-state index in [0.717, 1.165) is 34.6 Å². The van der Waals surface area contributed by atoms with Gasteiger partial charge in [-0.3, -0.25) is 0 Å². The fourth-order valence-corrected chi connectivity index (χ4v) is 3.46. The summed E-state index contributed by atoms with van der Waals surface area (Å²) < 4.78 is 12.6. The largest absolute Gasteiger partial charge is 0.496 e. The Kier molecular flexibility index (Phi) is 4.93. The normalized spacial score (nSPS) is 18.1. The first kappa shape index (κ1) is 16.3. The maximum Gasteiger partial charge on any atom is 0.123 e. The Balaban J connectivity index is 1.96. The fourth-order valence-electron chi connectivity index (χ4n) is 3.05. The van der Waals surface area contributed by atoms with E-state index in [4.69, 9.17) is 9.47 Å². The summed E-state index contributed by atoms with van der Waals surface area (Å²) in [5.74, 6) is 0.924. The average molecular weight is 376 g/mol. The monoisotopic (exact) mass is 375 g/mol. The predicted molar refractivity (Wildman–Crippen MR) is 97.3 cm³/mol. The lowest BCUT2D eigenvalue weighted by Crippen LogP contribution is -2.30. The molecule has 122 valence electrons. The van der Waals surface area contributed by atoms with Gasteiger partial charge in [0, 0.05) is 29.3 Å². The van der Waals surface area contributed by atoms with Gasteiger partial charge in [0.05, 0.1) is 19.8 Å². The van der Waals surface area contributed by atoms with Crippen molar-refractivity contribution in [1.82, 2.24) is 0 Å². The molecule has 3 nitrogen and oxygen atoms in total. The van der Waals surface area contributed by atoms with Crippen LogP contribution in [-0.4, -0.2) is 20.3 Å². The molecule has 0 aromatic heterocycles. The van der Waals surface area contributed by atoms with Crippen molar-refractivity contribution in [2.45, 2.75) is 26.5 Å². The van der Waals surface area contributed by atoms with Crippen molar-refractivity contribution in [1.29, 1.82) is 0 Å². The molecule has 0 amide bonds. The number of halogens is 1. The van der Waals surface area contributed by atoms with E-state index in [0.29, 0.717) is 6.61 Å². The third-order valence-corrected chi connectivity index (χ3v) is 4.88. The van der Waals surface area contributed by atoms with Crippen LogP contribution in [0.25, 0.3) is 0 Å². The Labute approximate surface area is 146 Å². The van der Waals surface area contributed by atoms with Gasteiger partial charge in [0.2, 0.25) is 0 Å². The number of anilines is 1. The quantitative estimate of drug-likeness (QED) is 0.747. The molecule has 0 radical (unpaired) electrons. The van der Waals surface area contributed by atoms with Crippen LogP contribution in [0.15, 0.2) is 40.9 Å². The second-order valence-corrected chi connectivity index (χ2v) is 6.85. The van der Waals surface area contributed by atoms with Gasteiger partial charge < -0.3 is 14.4 Å². The van der Waals surface area contributed by atoms with E-state index < -0.39 is 0 Å². The zero-order chi connectivity index (χ0) is 16.4. The SMILES string of the molecule is COc1cc(N2CCOC(C)c3ccc(Br)cc3C2)ccc1C. The number of benzene rings is 2. The third-order valence-electron chi connectivity index (χ3n) is 4.39. The highest BCUT2D eigenvalue weighted by Gasteiger charge is 2.19. The van der Waals surface area contributed by atoms with E-state index >= 15 is 0 Å². The Morgan fingerprint density at radius 3 is 2.83 bits per heavy atom. The number of nitrogens with zero attached hydrogens (tertiary/aromatic N) is 1. The average Bonchev–Trinajstić information content (AvgIpc) is 2.53. The molecule has 1 atom stereocenters. The third kappa shape index (κ3) is 3.54. The van der Waals surface area contributed by atoms with Crippen LogP contribution in [-0.2, 0) is 11.3 Å². The summed E-state index contributed by atoms with van der Waals surface area (Å²) in [6, 6.07) is 12.8. The number of hydrogen-bond acceptors (Lipinski definition) is 3. The summed E-state index contributed by atoms with van der Waals surface area (Å²) in [6.07, 6.45) is 0.132. The molecule has 0 bridgehead atoms. The second-order valence-electron chi connectivity index (χ2n) is 5.93. The Morgan fingerprint density at radius 1 is 1.22 bits per heavy atom. The molecular formula is C19H22BrNO2. The van der Waals surface area contributed by atoms with Crippen molar-refractivity contribution in [3.05, 3.63) is 57.6 Å². The van der Waals surface area contributed by atoms with Gasteiger partial charge in [0.1, 0.15) is 5.75 Å². The standard InChI is InChI=1S/C19H22BrNO2/c1-13-4-6-17(11-19(13)22-3)21-8-9-23-14(2)18-7-5-16(20)10-15(18)12-21/h4-7,10-11,14H,8-9,12H2,1-3H3. The van der Waals surface area contributed by atoms with E-state index in [-0.39, 0.29) is 6.10 Å². The Hall–Kier alpha value is -1.52. The van der Waals surface area contributed by atoms with E-state index in [1.165, 1.54) is 11.1 Å². The number of aryl methyl sites for hydroxylation is 1. The van der Waals surface area contributed by atoms with E-state index in [1.54, 1.807) is 7.11 Å². The summed E-state index contributed by atoms with van der Waals surface area (Å²) in [6.45, 7) is 6.63. The minimum absolute atomic E-state index is 0.132. The molecule has 0 saturated carbocycles. The topological polar surface area (TPSA) is 21.7 Å². The molecule has 3 rings (SSSR count). The first-order chi connectivity index (χ1) is 11.1. The van der Waals surface area contributed by atoms with Gasteiger partial charge >= 0.3 is 0 Å². The van der Waals surface area contributed by atoms with Crippen LogP contribution < -0.4 is 9.64 Å². The van der Waals surface area contributed by atoms with Gasteiger partial charge in [0.15, 0.2) is 0 Å². The van der Waals surface area contributed by atoms with Crippen molar-refractivity contribution in [2.75, 3.05) is 25.2 Å². The van der Waals surface area contributed by atoms with Gasteiger partial charge in [-0.15, -0.1) is 0 Å². The van der Waals surface area contributed by atoms with Crippen LogP contribution in [0.1, 0.15) is 29.7 Å². The van der Waals surface area contributed by atoms with E-state index in [1.807, 2.05) is 0 Å². The zero-order valence-electron chi connectivity index (χ0n) is 13.8. The van der Waals surface area contributed by atoms with Crippen LogP contribution in [0.2, 0.25) is 0 Å². The molecule has 1 aliphatic heterocycles. The summed E-state index contributed by atoms with van der Waals surface area (Å²) in [5, 5.41) is 0. The Bertz CT molecular complexity index is 702. The minimum atomic E-state index is 0.132. The van der Waals surface area contributed by atoms with Crippen molar-refractivity contribution >= 4 is 21.6 Å². The van der Waals surface area contributed by atoms with Crippen molar-refractivity contribution < 1.29 is 9.47 Å². The van der Waals surface area contributed by atoms with Crippen LogP contribution in [0.3, 0.4) is 0 Å². The zero-order valence-corrected chi connectivity index (χ0v) is 15.4. The highest BCUT2D eigenvalue weighted by molar-refractivity contribution is 9.10. The minimum Gasteiger partial charge on any atom is -0.496 e. The highest BCUT2D eigenvalue weighted by atomic mass is 79.9. The number of ether oxygens (including phenoxy) is 2. The molecule has 1 heterocycles. The van der Waals surface area contributed by atoms with Gasteiger partial charge in [-0.2, -0.15) is 0 Å². The molecule has 23 heavy (non-hydrogen) atoms. The molecule has 1 aliphatic rings. The molecule has 0 fully saturated rings. The molecule has 0 N–H and O–H groups in total. The van der Waals surface area contributed by atoms with E-state index in [2.05, 4.69) is 71.1 Å². The van der Waals surface area contributed by atoms with E-state index in [9.17, 15) is 0 Å².